The minimum absolute atomic E-state index is 0.0674. The second kappa shape index (κ2) is 6.84. The van der Waals surface area contributed by atoms with E-state index >= 15 is 0 Å². The molecule has 6 nitrogen and oxygen atoms in total. The molecule has 132 valence electrons. The average Bonchev–Trinajstić information content (AvgIpc) is 2.88. The summed E-state index contributed by atoms with van der Waals surface area (Å²) in [5.41, 5.74) is -0.575. The first-order valence-corrected chi connectivity index (χ1v) is 9.10. The van der Waals surface area contributed by atoms with Crippen LogP contribution in [0.2, 0.25) is 0 Å². The van der Waals surface area contributed by atoms with Gasteiger partial charge >= 0.3 is 5.97 Å². The monoisotopic (exact) mass is 364 g/mol. The number of rotatable bonds is 3. The molecule has 2 heterocycles. The molecule has 0 aromatic carbocycles. The van der Waals surface area contributed by atoms with Crippen molar-refractivity contribution < 1.29 is 28.5 Å². The standard InChI is InChI=1S/C15H24O6S2/c1-14(2,3)12(16)17-7-8-9(19-13(22)23-6)10-11(18-8)21-15(4,5)20-10/h8-11H,7H2,1-6H3/t8-,9+,10-,11-/m1/s1. The lowest BCUT2D eigenvalue weighted by atomic mass is 9.97. The van der Waals surface area contributed by atoms with E-state index in [0.717, 1.165) is 0 Å². The lowest BCUT2D eigenvalue weighted by molar-refractivity contribution is -0.219. The summed E-state index contributed by atoms with van der Waals surface area (Å²) in [7, 11) is 0. The van der Waals surface area contributed by atoms with E-state index in [4.69, 9.17) is 35.9 Å². The molecule has 0 N–H and O–H groups in total. The van der Waals surface area contributed by atoms with Gasteiger partial charge in [0.15, 0.2) is 24.3 Å². The second-order valence-electron chi connectivity index (χ2n) is 7.03. The molecule has 8 heteroatoms. The molecule has 23 heavy (non-hydrogen) atoms. The molecule has 0 unspecified atom stereocenters. The van der Waals surface area contributed by atoms with E-state index in [0.29, 0.717) is 4.38 Å². The van der Waals surface area contributed by atoms with Crippen molar-refractivity contribution >= 4 is 34.3 Å². The van der Waals surface area contributed by atoms with Crippen LogP contribution in [0.25, 0.3) is 0 Å². The van der Waals surface area contributed by atoms with E-state index in [1.807, 2.05) is 20.1 Å². The van der Waals surface area contributed by atoms with Crippen LogP contribution in [0.1, 0.15) is 34.6 Å². The van der Waals surface area contributed by atoms with Crippen LogP contribution in [0.3, 0.4) is 0 Å². The Morgan fingerprint density at radius 2 is 1.96 bits per heavy atom. The Hall–Kier alpha value is -0.410. The van der Waals surface area contributed by atoms with Gasteiger partial charge in [-0.1, -0.05) is 11.8 Å². The second-order valence-corrected chi connectivity index (χ2v) is 8.44. The van der Waals surface area contributed by atoms with Crippen molar-refractivity contribution in [3.63, 3.8) is 0 Å². The number of thioether (sulfide) groups is 1. The lowest BCUT2D eigenvalue weighted by Crippen LogP contribution is -2.40. The zero-order chi connectivity index (χ0) is 17.4. The van der Waals surface area contributed by atoms with Crippen LogP contribution in [0.15, 0.2) is 0 Å². The van der Waals surface area contributed by atoms with Gasteiger partial charge < -0.3 is 23.7 Å². The molecule has 0 aromatic rings. The number of hydrogen-bond acceptors (Lipinski definition) is 8. The van der Waals surface area contributed by atoms with Crippen LogP contribution in [-0.2, 0) is 28.5 Å². The van der Waals surface area contributed by atoms with Gasteiger partial charge in [0.2, 0.25) is 4.38 Å². The Morgan fingerprint density at radius 3 is 2.52 bits per heavy atom. The maximum atomic E-state index is 11.9. The summed E-state index contributed by atoms with van der Waals surface area (Å²) < 4.78 is 28.9. The Balaban J connectivity index is 2.04. The maximum Gasteiger partial charge on any atom is 0.311 e. The smallest absolute Gasteiger partial charge is 0.311 e. The van der Waals surface area contributed by atoms with Gasteiger partial charge in [0.05, 0.1) is 5.41 Å². The minimum Gasteiger partial charge on any atom is -0.469 e. The number of thiocarbonyl (C=S) groups is 1. The molecule has 4 atom stereocenters. The van der Waals surface area contributed by atoms with Crippen LogP contribution in [0, 0.1) is 5.41 Å². The lowest BCUT2D eigenvalue weighted by Gasteiger charge is -2.26. The summed E-state index contributed by atoms with van der Waals surface area (Å²) in [6.45, 7) is 9.08. The highest BCUT2D eigenvalue weighted by molar-refractivity contribution is 8.22. The summed E-state index contributed by atoms with van der Waals surface area (Å²) in [6, 6.07) is 0. The maximum absolute atomic E-state index is 11.9. The summed E-state index contributed by atoms with van der Waals surface area (Å²) in [5.74, 6) is -1.04. The summed E-state index contributed by atoms with van der Waals surface area (Å²) in [5, 5.41) is 0. The number of carbonyl (C=O) groups is 1. The average molecular weight is 364 g/mol. The van der Waals surface area contributed by atoms with E-state index in [-0.39, 0.29) is 12.6 Å². The topological polar surface area (TPSA) is 63.2 Å². The Bertz CT molecular complexity index is 473. The Morgan fingerprint density at radius 1 is 1.30 bits per heavy atom. The third-order valence-corrected chi connectivity index (χ3v) is 4.50. The fourth-order valence-electron chi connectivity index (χ4n) is 2.36. The van der Waals surface area contributed by atoms with Gasteiger partial charge in [-0.25, -0.2) is 0 Å². The first-order valence-electron chi connectivity index (χ1n) is 7.46. The zero-order valence-electron chi connectivity index (χ0n) is 14.3. The van der Waals surface area contributed by atoms with Crippen molar-refractivity contribution in [2.75, 3.05) is 12.9 Å². The first-order chi connectivity index (χ1) is 10.5. The van der Waals surface area contributed by atoms with Crippen LogP contribution in [-0.4, -0.2) is 53.6 Å². The van der Waals surface area contributed by atoms with Gasteiger partial charge in [0.25, 0.3) is 0 Å². The van der Waals surface area contributed by atoms with E-state index in [2.05, 4.69) is 0 Å². The molecule has 0 radical (unpaired) electrons. The van der Waals surface area contributed by atoms with Gasteiger partial charge in [0.1, 0.15) is 12.7 Å². The molecule has 0 bridgehead atoms. The largest absolute Gasteiger partial charge is 0.469 e. The Kier molecular flexibility index (Phi) is 5.62. The highest BCUT2D eigenvalue weighted by Crippen LogP contribution is 2.39. The van der Waals surface area contributed by atoms with Gasteiger partial charge in [-0.15, -0.1) is 0 Å². The molecule has 2 fully saturated rings. The fourth-order valence-corrected chi connectivity index (χ4v) is 2.68. The van der Waals surface area contributed by atoms with E-state index in [9.17, 15) is 4.79 Å². The van der Waals surface area contributed by atoms with E-state index < -0.39 is 35.8 Å². The normalized spacial score (nSPS) is 32.4. The number of carbonyl (C=O) groups excluding carboxylic acids is 1. The summed E-state index contributed by atoms with van der Waals surface area (Å²) in [6.07, 6.45) is -0.0985. The molecule has 2 aliphatic heterocycles. The number of fused-ring (bicyclic) bond motifs is 1. The summed E-state index contributed by atoms with van der Waals surface area (Å²) in [4.78, 5) is 11.9. The molecule has 0 spiro atoms. The van der Waals surface area contributed by atoms with Crippen molar-refractivity contribution in [2.24, 2.45) is 5.41 Å². The van der Waals surface area contributed by atoms with Crippen molar-refractivity contribution in [3.8, 4) is 0 Å². The molecule has 0 aromatic heterocycles. The molecule has 0 aliphatic carbocycles. The van der Waals surface area contributed by atoms with Crippen LogP contribution >= 0.6 is 24.0 Å². The Labute approximate surface area is 146 Å². The minimum atomic E-state index is -0.745. The summed E-state index contributed by atoms with van der Waals surface area (Å²) >= 11 is 6.46. The molecular weight excluding hydrogens is 340 g/mol. The fraction of sp³-hybridized carbons (Fsp3) is 0.867. The van der Waals surface area contributed by atoms with Gasteiger partial charge in [-0.2, -0.15) is 0 Å². The van der Waals surface area contributed by atoms with Crippen molar-refractivity contribution in [1.29, 1.82) is 0 Å². The van der Waals surface area contributed by atoms with Gasteiger partial charge in [-0.3, -0.25) is 4.79 Å². The quantitative estimate of drug-likeness (QED) is 0.559. The SMILES string of the molecule is CSC(=S)O[C@@H]1[C@H]2OC(C)(C)O[C@H]2O[C@@H]1COC(=O)C(C)(C)C. The predicted molar refractivity (Wildman–Crippen MR) is 90.1 cm³/mol. The number of hydrogen-bond donors (Lipinski definition) is 0. The first kappa shape index (κ1) is 18.9. The molecule has 0 amide bonds. The molecular formula is C15H24O6S2. The van der Waals surface area contributed by atoms with Crippen LogP contribution in [0.4, 0.5) is 0 Å². The van der Waals surface area contributed by atoms with Crippen molar-refractivity contribution in [1.82, 2.24) is 0 Å². The highest BCUT2D eigenvalue weighted by atomic mass is 32.2. The third kappa shape index (κ3) is 4.57. The van der Waals surface area contributed by atoms with Crippen LogP contribution in [0.5, 0.6) is 0 Å². The molecule has 2 aliphatic rings. The predicted octanol–water partition coefficient (Wildman–Crippen LogP) is 2.49. The number of ether oxygens (including phenoxy) is 5. The molecule has 2 saturated heterocycles. The van der Waals surface area contributed by atoms with E-state index in [1.54, 1.807) is 20.8 Å². The number of esters is 1. The third-order valence-electron chi connectivity index (χ3n) is 3.48. The van der Waals surface area contributed by atoms with Gasteiger partial charge in [-0.05, 0) is 53.1 Å². The van der Waals surface area contributed by atoms with Crippen molar-refractivity contribution in [3.05, 3.63) is 0 Å². The molecule has 2 rings (SSSR count). The van der Waals surface area contributed by atoms with Crippen LogP contribution < -0.4 is 0 Å². The highest BCUT2D eigenvalue weighted by Gasteiger charge is 2.56. The van der Waals surface area contributed by atoms with Crippen molar-refractivity contribution in [2.45, 2.75) is 65.0 Å². The van der Waals surface area contributed by atoms with Gasteiger partial charge in [0, 0.05) is 0 Å². The molecule has 0 saturated carbocycles. The van der Waals surface area contributed by atoms with E-state index in [1.165, 1.54) is 11.8 Å². The zero-order valence-corrected chi connectivity index (χ0v) is 15.9.